The fourth-order valence-corrected chi connectivity index (χ4v) is 1.80. The van der Waals surface area contributed by atoms with Gasteiger partial charge in [0.25, 0.3) is 5.91 Å². The van der Waals surface area contributed by atoms with Gasteiger partial charge in [0.1, 0.15) is 5.82 Å². The fraction of sp³-hybridized carbons (Fsp3) is 0.188. The van der Waals surface area contributed by atoms with Crippen molar-refractivity contribution in [3.05, 3.63) is 59.7 Å². The number of nitrogens with one attached hydrogen (secondary N) is 2. The predicted octanol–water partition coefficient (Wildman–Crippen LogP) is 2.24. The van der Waals surface area contributed by atoms with Crippen molar-refractivity contribution in [2.75, 3.05) is 19.4 Å². The number of para-hydroxylation sites is 1. The number of benzene rings is 1. The molecule has 120 valence electrons. The molecular formula is C16H17FN4O2. The molecule has 0 aliphatic carbocycles. The Morgan fingerprint density at radius 2 is 1.96 bits per heavy atom. The molecule has 0 bridgehead atoms. The molecule has 0 aliphatic rings. The summed E-state index contributed by atoms with van der Waals surface area (Å²) in [5, 5.41) is 5.16. The van der Waals surface area contributed by atoms with E-state index in [-0.39, 0.29) is 18.3 Å². The molecule has 2 aromatic rings. The Kier molecular flexibility index (Phi) is 5.24. The molecule has 1 aromatic carbocycles. The van der Waals surface area contributed by atoms with E-state index in [4.69, 9.17) is 0 Å². The molecule has 0 aliphatic heterocycles. The summed E-state index contributed by atoms with van der Waals surface area (Å²) in [6, 6.07) is 8.74. The molecule has 0 saturated carbocycles. The Morgan fingerprint density at radius 3 is 2.65 bits per heavy atom. The number of carbonyl (C=O) groups excluding carboxylic acids is 2. The van der Waals surface area contributed by atoms with Gasteiger partial charge in [0.15, 0.2) is 0 Å². The number of hydrogen-bond acceptors (Lipinski definition) is 3. The first kappa shape index (κ1) is 16.4. The molecule has 0 fully saturated rings. The summed E-state index contributed by atoms with van der Waals surface area (Å²) < 4.78 is 13.6. The monoisotopic (exact) mass is 316 g/mol. The van der Waals surface area contributed by atoms with Crippen LogP contribution in [0.5, 0.6) is 0 Å². The SMILES string of the molecule is CN(C)C(=O)NCc1cc(C(=O)Nc2ccccc2F)ccn1. The highest BCUT2D eigenvalue weighted by Crippen LogP contribution is 2.14. The molecule has 1 aromatic heterocycles. The minimum absolute atomic E-state index is 0.108. The summed E-state index contributed by atoms with van der Waals surface area (Å²) >= 11 is 0. The largest absolute Gasteiger partial charge is 0.332 e. The molecule has 2 rings (SSSR count). The maximum atomic E-state index is 13.6. The summed E-state index contributed by atoms with van der Waals surface area (Å²) in [5.41, 5.74) is 0.968. The lowest BCUT2D eigenvalue weighted by Crippen LogP contribution is -2.34. The Labute approximate surface area is 133 Å². The number of rotatable bonds is 4. The third-order valence-corrected chi connectivity index (χ3v) is 3.03. The zero-order chi connectivity index (χ0) is 16.8. The first-order valence-electron chi connectivity index (χ1n) is 6.93. The summed E-state index contributed by atoms with van der Waals surface area (Å²) in [6.07, 6.45) is 1.47. The van der Waals surface area contributed by atoms with Gasteiger partial charge in [0.05, 0.1) is 17.9 Å². The summed E-state index contributed by atoms with van der Waals surface area (Å²) in [6.45, 7) is 0.192. The van der Waals surface area contributed by atoms with E-state index < -0.39 is 11.7 Å². The number of halogens is 1. The Morgan fingerprint density at radius 1 is 1.22 bits per heavy atom. The van der Waals surface area contributed by atoms with Crippen molar-refractivity contribution in [3.63, 3.8) is 0 Å². The second-order valence-corrected chi connectivity index (χ2v) is 5.02. The van der Waals surface area contributed by atoms with Crippen molar-refractivity contribution in [2.24, 2.45) is 0 Å². The lowest BCUT2D eigenvalue weighted by Gasteiger charge is -2.12. The molecule has 1 heterocycles. The van der Waals surface area contributed by atoms with Crippen LogP contribution in [-0.4, -0.2) is 35.9 Å². The van der Waals surface area contributed by atoms with Crippen molar-refractivity contribution in [2.45, 2.75) is 6.54 Å². The van der Waals surface area contributed by atoms with Crippen molar-refractivity contribution in [1.29, 1.82) is 0 Å². The fourth-order valence-electron chi connectivity index (χ4n) is 1.80. The molecule has 23 heavy (non-hydrogen) atoms. The number of pyridine rings is 1. The summed E-state index contributed by atoms with van der Waals surface area (Å²) in [4.78, 5) is 29.1. The van der Waals surface area contributed by atoms with Gasteiger partial charge in [-0.15, -0.1) is 0 Å². The molecule has 3 amide bonds. The van der Waals surface area contributed by atoms with E-state index in [9.17, 15) is 14.0 Å². The van der Waals surface area contributed by atoms with E-state index in [1.165, 1.54) is 29.3 Å². The van der Waals surface area contributed by atoms with Crippen LogP contribution in [0.1, 0.15) is 16.1 Å². The molecule has 0 atom stereocenters. The smallest absolute Gasteiger partial charge is 0.317 e. The van der Waals surface area contributed by atoms with E-state index in [1.54, 1.807) is 32.3 Å². The summed E-state index contributed by atoms with van der Waals surface area (Å²) in [7, 11) is 3.25. The lowest BCUT2D eigenvalue weighted by atomic mass is 10.2. The summed E-state index contributed by atoms with van der Waals surface area (Å²) in [5.74, 6) is -0.953. The van der Waals surface area contributed by atoms with Crippen LogP contribution in [0.2, 0.25) is 0 Å². The van der Waals surface area contributed by atoms with Crippen LogP contribution in [0.25, 0.3) is 0 Å². The van der Waals surface area contributed by atoms with Gasteiger partial charge in [-0.25, -0.2) is 9.18 Å². The predicted molar refractivity (Wildman–Crippen MR) is 84.5 cm³/mol. The molecule has 0 saturated heterocycles. The van der Waals surface area contributed by atoms with E-state index in [0.717, 1.165) is 0 Å². The zero-order valence-electron chi connectivity index (χ0n) is 12.8. The highest BCUT2D eigenvalue weighted by atomic mass is 19.1. The number of carbonyl (C=O) groups is 2. The number of amides is 3. The standard InChI is InChI=1S/C16H17FN4O2/c1-21(2)16(23)19-10-12-9-11(7-8-18-12)15(22)20-14-6-4-3-5-13(14)17/h3-9H,10H2,1-2H3,(H,19,23)(H,20,22). The second kappa shape index (κ2) is 7.35. The molecule has 2 N–H and O–H groups in total. The number of anilines is 1. The Hall–Kier alpha value is -2.96. The van der Waals surface area contributed by atoms with Crippen LogP contribution in [-0.2, 0) is 6.54 Å². The highest BCUT2D eigenvalue weighted by molar-refractivity contribution is 6.04. The van der Waals surface area contributed by atoms with Gasteiger partial charge in [0.2, 0.25) is 0 Å². The van der Waals surface area contributed by atoms with Crippen molar-refractivity contribution >= 4 is 17.6 Å². The van der Waals surface area contributed by atoms with Gasteiger partial charge in [-0.05, 0) is 24.3 Å². The second-order valence-electron chi connectivity index (χ2n) is 5.02. The maximum absolute atomic E-state index is 13.6. The van der Waals surface area contributed by atoms with Gasteiger partial charge in [-0.3, -0.25) is 9.78 Å². The third kappa shape index (κ3) is 4.50. The van der Waals surface area contributed by atoms with E-state index in [0.29, 0.717) is 11.3 Å². The van der Waals surface area contributed by atoms with Gasteiger partial charge in [-0.1, -0.05) is 12.1 Å². The van der Waals surface area contributed by atoms with Crippen molar-refractivity contribution < 1.29 is 14.0 Å². The zero-order valence-corrected chi connectivity index (χ0v) is 12.8. The topological polar surface area (TPSA) is 74.3 Å². The first-order valence-corrected chi connectivity index (χ1v) is 6.93. The maximum Gasteiger partial charge on any atom is 0.317 e. The van der Waals surface area contributed by atoms with Gasteiger partial charge in [0, 0.05) is 25.9 Å². The van der Waals surface area contributed by atoms with Gasteiger partial charge >= 0.3 is 6.03 Å². The Bertz CT molecular complexity index is 719. The average Bonchev–Trinajstić information content (AvgIpc) is 2.54. The minimum atomic E-state index is -0.506. The van der Waals surface area contributed by atoms with Crippen molar-refractivity contribution in [3.8, 4) is 0 Å². The molecule has 0 spiro atoms. The number of aromatic nitrogens is 1. The number of nitrogens with zero attached hydrogens (tertiary/aromatic N) is 2. The molecular weight excluding hydrogens is 299 g/mol. The van der Waals surface area contributed by atoms with Crippen LogP contribution in [0, 0.1) is 5.82 Å². The average molecular weight is 316 g/mol. The van der Waals surface area contributed by atoms with Crippen LogP contribution in [0.4, 0.5) is 14.9 Å². The van der Waals surface area contributed by atoms with Gasteiger partial charge < -0.3 is 15.5 Å². The Balaban J connectivity index is 2.05. The van der Waals surface area contributed by atoms with Crippen LogP contribution >= 0.6 is 0 Å². The third-order valence-electron chi connectivity index (χ3n) is 3.03. The molecule has 0 radical (unpaired) electrons. The molecule has 7 heteroatoms. The van der Waals surface area contributed by atoms with Crippen molar-refractivity contribution in [1.82, 2.24) is 15.2 Å². The number of urea groups is 1. The van der Waals surface area contributed by atoms with E-state index in [1.807, 2.05) is 0 Å². The molecule has 0 unspecified atom stereocenters. The van der Waals surface area contributed by atoms with Crippen LogP contribution < -0.4 is 10.6 Å². The van der Waals surface area contributed by atoms with Crippen LogP contribution in [0.15, 0.2) is 42.6 Å². The minimum Gasteiger partial charge on any atom is -0.332 e. The van der Waals surface area contributed by atoms with Gasteiger partial charge in [-0.2, -0.15) is 0 Å². The highest BCUT2D eigenvalue weighted by Gasteiger charge is 2.10. The van der Waals surface area contributed by atoms with Crippen LogP contribution in [0.3, 0.4) is 0 Å². The normalized spacial score (nSPS) is 10.0. The van der Waals surface area contributed by atoms with E-state index in [2.05, 4.69) is 15.6 Å². The quantitative estimate of drug-likeness (QED) is 0.908. The molecule has 6 nitrogen and oxygen atoms in total. The first-order chi connectivity index (χ1) is 11.0. The number of hydrogen-bond donors (Lipinski definition) is 2. The van der Waals surface area contributed by atoms with E-state index >= 15 is 0 Å². The lowest BCUT2D eigenvalue weighted by molar-refractivity contribution is 0.102.